The molecular formula is C46H44BBrF2N6O4S2. The summed E-state index contributed by atoms with van der Waals surface area (Å²) in [5.41, 5.74) is 6.32. The molecule has 2 N–H and O–H groups in total. The van der Waals surface area contributed by atoms with E-state index in [9.17, 15) is 18.4 Å². The number of aromatic nitrogens is 4. The van der Waals surface area contributed by atoms with Gasteiger partial charge in [-0.25, -0.2) is 8.78 Å². The van der Waals surface area contributed by atoms with E-state index in [1.54, 1.807) is 48.5 Å². The van der Waals surface area contributed by atoms with E-state index in [0.29, 0.717) is 9.75 Å². The number of benzene rings is 4. The zero-order valence-electron chi connectivity index (χ0n) is 35.3. The lowest BCUT2D eigenvalue weighted by molar-refractivity contribution is 0.00578. The Kier molecular flexibility index (Phi) is 13.0. The lowest BCUT2D eigenvalue weighted by Gasteiger charge is -2.32. The summed E-state index contributed by atoms with van der Waals surface area (Å²) in [6, 6.07) is 27.8. The van der Waals surface area contributed by atoms with Gasteiger partial charge in [-0.1, -0.05) is 29.8 Å². The van der Waals surface area contributed by atoms with Crippen LogP contribution < -0.4 is 16.1 Å². The van der Waals surface area contributed by atoms with Gasteiger partial charge < -0.3 is 19.9 Å². The normalized spacial score (nSPS) is 14.0. The van der Waals surface area contributed by atoms with Crippen molar-refractivity contribution in [2.45, 2.75) is 52.7 Å². The number of rotatable bonds is 6. The smallest absolute Gasteiger partial charge is 0.399 e. The minimum Gasteiger partial charge on any atom is -0.399 e. The van der Waals surface area contributed by atoms with Gasteiger partial charge in [0.05, 0.1) is 59.5 Å². The van der Waals surface area contributed by atoms with Gasteiger partial charge in [-0.2, -0.15) is 10.2 Å². The predicted molar refractivity (Wildman–Crippen MR) is 251 cm³/mol. The minimum atomic E-state index is -0.449. The predicted octanol–water partition coefficient (Wildman–Crippen LogP) is 11.1. The number of amides is 2. The van der Waals surface area contributed by atoms with Gasteiger partial charge in [-0.15, -0.1) is 22.7 Å². The SMILES string of the molecule is Cc1cc2cnn(C)c2cc1-c1ccc(C(=O)Nc2ccccc2F)s1.Cc1cc2cnn(C)c2cc1B1OC(C)(C)C(C)(C)O1.O=C(Nc1ccccc1F)c1ccc(Br)s1. The first-order valence-electron chi connectivity index (χ1n) is 19.6. The van der Waals surface area contributed by atoms with Crippen LogP contribution in [0.15, 0.2) is 113 Å². The maximum absolute atomic E-state index is 13.7. The summed E-state index contributed by atoms with van der Waals surface area (Å²) in [7, 11) is 3.54. The van der Waals surface area contributed by atoms with Crippen LogP contribution in [0.3, 0.4) is 0 Å². The van der Waals surface area contributed by atoms with Gasteiger partial charge in [-0.3, -0.25) is 19.0 Å². The number of carbonyl (C=O) groups excluding carboxylic acids is 2. The Morgan fingerprint density at radius 3 is 1.68 bits per heavy atom. The molecule has 1 fully saturated rings. The summed E-state index contributed by atoms with van der Waals surface area (Å²) in [5.74, 6) is -1.51. The largest absolute Gasteiger partial charge is 0.495 e. The number of aryl methyl sites for hydroxylation is 4. The van der Waals surface area contributed by atoms with Crippen molar-refractivity contribution in [1.29, 1.82) is 0 Å². The van der Waals surface area contributed by atoms with Crippen molar-refractivity contribution in [2.24, 2.45) is 14.1 Å². The molecule has 0 radical (unpaired) electrons. The van der Waals surface area contributed by atoms with Crippen molar-refractivity contribution in [2.75, 3.05) is 10.6 Å². The van der Waals surface area contributed by atoms with Gasteiger partial charge >= 0.3 is 7.12 Å². The van der Waals surface area contributed by atoms with Crippen LogP contribution in [0.5, 0.6) is 0 Å². The second-order valence-corrected chi connectivity index (χ2v) is 19.3. The molecule has 4 aromatic heterocycles. The van der Waals surface area contributed by atoms with Crippen molar-refractivity contribution in [1.82, 2.24) is 19.6 Å². The molecule has 2 amide bonds. The molecular weight excluding hydrogens is 893 g/mol. The molecule has 8 aromatic rings. The number of nitrogens with zero attached hydrogens (tertiary/aromatic N) is 4. The average molecular weight is 938 g/mol. The van der Waals surface area contributed by atoms with Crippen LogP contribution in [0.2, 0.25) is 0 Å². The van der Waals surface area contributed by atoms with Gasteiger partial charge in [0, 0.05) is 29.7 Å². The topological polar surface area (TPSA) is 112 Å². The molecule has 9 rings (SSSR count). The Morgan fingerprint density at radius 1 is 0.677 bits per heavy atom. The fourth-order valence-corrected chi connectivity index (χ4v) is 8.93. The number of carbonyl (C=O) groups is 2. The molecule has 1 saturated heterocycles. The van der Waals surface area contributed by atoms with Gasteiger partial charge in [0.1, 0.15) is 11.6 Å². The molecule has 318 valence electrons. The zero-order chi connectivity index (χ0) is 44.5. The Morgan fingerprint density at radius 2 is 1.16 bits per heavy atom. The second-order valence-electron chi connectivity index (χ2n) is 15.8. The van der Waals surface area contributed by atoms with Crippen LogP contribution in [0.1, 0.15) is 58.2 Å². The van der Waals surface area contributed by atoms with Crippen LogP contribution in [0.4, 0.5) is 20.2 Å². The third kappa shape index (κ3) is 9.59. The summed E-state index contributed by atoms with van der Waals surface area (Å²) in [4.78, 5) is 26.2. The van der Waals surface area contributed by atoms with E-state index in [0.717, 1.165) is 47.1 Å². The Hall–Kier alpha value is -5.52. The molecule has 5 heterocycles. The van der Waals surface area contributed by atoms with Crippen molar-refractivity contribution in [3.63, 3.8) is 0 Å². The number of fused-ring (bicyclic) bond motifs is 2. The highest BCUT2D eigenvalue weighted by Gasteiger charge is 2.52. The zero-order valence-corrected chi connectivity index (χ0v) is 38.6. The molecule has 4 aromatic carbocycles. The Labute approximate surface area is 375 Å². The molecule has 0 aliphatic carbocycles. The number of nitrogens with one attached hydrogen (secondary N) is 2. The fourth-order valence-electron chi connectivity index (χ4n) is 6.67. The first-order chi connectivity index (χ1) is 29.4. The molecule has 0 unspecified atom stereocenters. The van der Waals surface area contributed by atoms with E-state index >= 15 is 0 Å². The highest BCUT2D eigenvalue weighted by atomic mass is 79.9. The Balaban J connectivity index is 0.000000144. The molecule has 10 nitrogen and oxygen atoms in total. The van der Waals surface area contributed by atoms with E-state index in [2.05, 4.69) is 95.6 Å². The molecule has 0 saturated carbocycles. The van der Waals surface area contributed by atoms with E-state index in [1.165, 1.54) is 46.4 Å². The molecule has 16 heteroatoms. The first kappa shape index (κ1) is 44.5. The fraction of sp³-hybridized carbons (Fsp3) is 0.217. The lowest BCUT2D eigenvalue weighted by Crippen LogP contribution is -2.41. The molecule has 1 aliphatic heterocycles. The van der Waals surface area contributed by atoms with Gasteiger partial charge in [-0.05, 0) is 147 Å². The molecule has 0 atom stereocenters. The van der Waals surface area contributed by atoms with E-state index in [1.807, 2.05) is 48.8 Å². The van der Waals surface area contributed by atoms with Crippen molar-refractivity contribution < 1.29 is 27.7 Å². The molecule has 62 heavy (non-hydrogen) atoms. The maximum atomic E-state index is 13.7. The highest BCUT2D eigenvalue weighted by Crippen LogP contribution is 2.37. The van der Waals surface area contributed by atoms with Crippen LogP contribution >= 0.6 is 38.6 Å². The van der Waals surface area contributed by atoms with Crippen LogP contribution in [0.25, 0.3) is 32.2 Å². The number of thiophene rings is 2. The number of halogens is 3. The molecule has 1 aliphatic rings. The van der Waals surface area contributed by atoms with Crippen LogP contribution in [-0.4, -0.2) is 49.7 Å². The molecule has 0 spiro atoms. The summed E-state index contributed by atoms with van der Waals surface area (Å²) in [5, 5.41) is 15.9. The second kappa shape index (κ2) is 18.1. The quantitative estimate of drug-likeness (QED) is 0.161. The van der Waals surface area contributed by atoms with E-state index in [-0.39, 0.29) is 41.5 Å². The highest BCUT2D eigenvalue weighted by molar-refractivity contribution is 9.11. The number of para-hydroxylation sites is 2. The lowest BCUT2D eigenvalue weighted by atomic mass is 9.76. The summed E-state index contributed by atoms with van der Waals surface area (Å²) in [6.07, 6.45) is 3.73. The minimum absolute atomic E-state index is 0.180. The average Bonchev–Trinajstić information content (AvgIpc) is 4.06. The summed E-state index contributed by atoms with van der Waals surface area (Å²) in [6.45, 7) is 12.4. The van der Waals surface area contributed by atoms with Gasteiger partial charge in [0.25, 0.3) is 11.8 Å². The summed E-state index contributed by atoms with van der Waals surface area (Å²) < 4.78 is 43.8. The van der Waals surface area contributed by atoms with Crippen molar-refractivity contribution in [3.8, 4) is 10.4 Å². The van der Waals surface area contributed by atoms with Gasteiger partial charge in [0.15, 0.2) is 0 Å². The maximum Gasteiger partial charge on any atom is 0.495 e. The first-order valence-corrected chi connectivity index (χ1v) is 22.0. The van der Waals surface area contributed by atoms with E-state index < -0.39 is 11.6 Å². The number of anilines is 2. The number of hydrogen-bond acceptors (Lipinski definition) is 8. The third-order valence-corrected chi connectivity index (χ3v) is 13.6. The van der Waals surface area contributed by atoms with Crippen molar-refractivity contribution in [3.05, 3.63) is 146 Å². The van der Waals surface area contributed by atoms with Crippen LogP contribution in [0, 0.1) is 25.5 Å². The van der Waals surface area contributed by atoms with E-state index in [4.69, 9.17) is 9.31 Å². The van der Waals surface area contributed by atoms with Crippen LogP contribution in [-0.2, 0) is 23.4 Å². The van der Waals surface area contributed by atoms with Crippen molar-refractivity contribution >= 4 is 96.2 Å². The number of hydrogen-bond donors (Lipinski definition) is 2. The monoisotopic (exact) mass is 936 g/mol. The van der Waals surface area contributed by atoms with Gasteiger partial charge in [0.2, 0.25) is 0 Å². The molecule has 0 bridgehead atoms. The standard InChI is InChI=1S/C20H16FN3OS.C15H21BN2O2.C11H7BrFNOS/c1-12-9-13-11-22-24(2)17(13)10-14(12)18-7-8-19(26-18)20(25)23-16-6-4-3-5-15(16)21;1-10-7-11-9-17-18(6)13(11)8-12(10)16-19-14(2,3)15(4,5)20-16;12-10-6-5-9(16-10)11(15)14-8-4-2-1-3-7(8)13/h3-11H,1-2H3,(H,23,25);7-9H,1-6H3;1-6H,(H,14,15). The Bertz CT molecular complexity index is 2930. The third-order valence-electron chi connectivity index (χ3n) is 10.9. The summed E-state index contributed by atoms with van der Waals surface area (Å²) >= 11 is 5.95.